The lowest BCUT2D eigenvalue weighted by molar-refractivity contribution is -0.0586. The van der Waals surface area contributed by atoms with Gasteiger partial charge in [0.15, 0.2) is 0 Å². The van der Waals surface area contributed by atoms with Crippen LogP contribution < -0.4 is 0 Å². The molecule has 1 aromatic carbocycles. The highest BCUT2D eigenvalue weighted by molar-refractivity contribution is 5.72. The third kappa shape index (κ3) is 2.36. The summed E-state index contributed by atoms with van der Waals surface area (Å²) in [5.41, 5.74) is 2.71. The van der Waals surface area contributed by atoms with E-state index in [1.54, 1.807) is 18.3 Å². The number of benzene rings is 1. The molecule has 112 valence electrons. The van der Waals surface area contributed by atoms with Crippen molar-refractivity contribution < 1.29 is 14.2 Å². The van der Waals surface area contributed by atoms with Gasteiger partial charge in [-0.3, -0.25) is 4.99 Å². The molecule has 3 rings (SSSR count). The third-order valence-electron chi connectivity index (χ3n) is 4.39. The van der Waals surface area contributed by atoms with Crippen molar-refractivity contribution in [2.45, 2.75) is 18.6 Å². The van der Waals surface area contributed by atoms with Gasteiger partial charge in [-0.1, -0.05) is 0 Å². The Hall–Kier alpha value is -1.72. The first kappa shape index (κ1) is 14.2. The number of fused-ring (bicyclic) bond motifs is 1. The summed E-state index contributed by atoms with van der Waals surface area (Å²) in [6, 6.07) is 4.63. The third-order valence-corrected chi connectivity index (χ3v) is 4.39. The van der Waals surface area contributed by atoms with Crippen molar-refractivity contribution in [2.24, 2.45) is 10.9 Å². The van der Waals surface area contributed by atoms with Gasteiger partial charge in [-0.2, -0.15) is 0 Å². The second-order valence-electron chi connectivity index (χ2n) is 5.58. The number of aliphatic hydroxyl groups is 1. The Kier molecular flexibility index (Phi) is 3.78. The molecule has 3 atom stereocenters. The Morgan fingerprint density at radius 1 is 1.52 bits per heavy atom. The number of ether oxygens (including phenoxy) is 1. The maximum atomic E-state index is 13.7. The maximum Gasteiger partial charge on any atom is 0.123 e. The van der Waals surface area contributed by atoms with E-state index in [4.69, 9.17) is 4.74 Å². The fraction of sp³-hybridized carbons (Fsp3) is 0.438. The molecule has 0 aromatic heterocycles. The van der Waals surface area contributed by atoms with Crippen molar-refractivity contribution in [1.29, 1.82) is 0 Å². The van der Waals surface area contributed by atoms with Crippen molar-refractivity contribution in [3.05, 3.63) is 41.3 Å². The number of nitrogens with zero attached hydrogens (tertiary/aromatic N) is 2. The molecular weight excluding hydrogens is 271 g/mol. The number of hydrogen-bond acceptors (Lipinski definition) is 4. The van der Waals surface area contributed by atoms with Gasteiger partial charge in [0.05, 0.1) is 30.6 Å². The monoisotopic (exact) mass is 290 g/mol. The summed E-state index contributed by atoms with van der Waals surface area (Å²) in [6.07, 6.45) is 1.84. The first-order valence-electron chi connectivity index (χ1n) is 7.08. The van der Waals surface area contributed by atoms with E-state index >= 15 is 0 Å². The topological polar surface area (TPSA) is 45.1 Å². The molecular formula is C16H19FN2O2. The maximum absolute atomic E-state index is 13.7. The fourth-order valence-corrected chi connectivity index (χ4v) is 3.38. The lowest BCUT2D eigenvalue weighted by Crippen LogP contribution is -2.39. The van der Waals surface area contributed by atoms with E-state index in [-0.39, 0.29) is 17.8 Å². The Balaban J connectivity index is 2.07. The van der Waals surface area contributed by atoms with Gasteiger partial charge in [0.1, 0.15) is 5.82 Å². The lowest BCUT2D eigenvalue weighted by atomic mass is 9.86. The van der Waals surface area contributed by atoms with Crippen LogP contribution in [0, 0.1) is 11.7 Å². The van der Waals surface area contributed by atoms with Crippen molar-refractivity contribution in [3.8, 4) is 0 Å². The molecule has 0 spiro atoms. The second-order valence-corrected chi connectivity index (χ2v) is 5.58. The fourth-order valence-electron chi connectivity index (χ4n) is 3.38. The molecule has 2 heterocycles. The standard InChI is InChI=1S/C16H19FN2O2/c1-18-8-14-11-4-3-10(17)7-12(11)16(19(14)2)13-9-21-6-5-15(13)20/h3-4,7-8,13,15-16,20H,1,5-6,9H2,2H3/b14-8-/t13-,15-,16?/m0/s1. The van der Waals surface area contributed by atoms with Crippen LogP contribution in [0.2, 0.25) is 0 Å². The van der Waals surface area contributed by atoms with E-state index in [0.717, 1.165) is 16.8 Å². The van der Waals surface area contributed by atoms with Gasteiger partial charge in [-0.05, 0) is 36.9 Å². The van der Waals surface area contributed by atoms with Gasteiger partial charge in [-0.15, -0.1) is 0 Å². The molecule has 0 amide bonds. The summed E-state index contributed by atoms with van der Waals surface area (Å²) < 4.78 is 19.2. The average molecular weight is 290 g/mol. The molecule has 1 fully saturated rings. The van der Waals surface area contributed by atoms with Gasteiger partial charge in [-0.25, -0.2) is 4.39 Å². The van der Waals surface area contributed by atoms with E-state index in [0.29, 0.717) is 19.6 Å². The van der Waals surface area contributed by atoms with E-state index in [1.807, 2.05) is 11.9 Å². The molecule has 0 radical (unpaired) electrons. The largest absolute Gasteiger partial charge is 0.393 e. The molecule has 2 aliphatic rings. The zero-order chi connectivity index (χ0) is 15.0. The van der Waals surface area contributed by atoms with Gasteiger partial charge >= 0.3 is 0 Å². The van der Waals surface area contributed by atoms with Crippen LogP contribution in [0.4, 0.5) is 4.39 Å². The van der Waals surface area contributed by atoms with Crippen molar-refractivity contribution in [1.82, 2.24) is 4.90 Å². The zero-order valence-electron chi connectivity index (χ0n) is 12.0. The van der Waals surface area contributed by atoms with Gasteiger partial charge in [0.25, 0.3) is 0 Å². The van der Waals surface area contributed by atoms with Crippen LogP contribution in [0.15, 0.2) is 29.4 Å². The number of rotatable bonds is 2. The quantitative estimate of drug-likeness (QED) is 0.849. The van der Waals surface area contributed by atoms with E-state index in [2.05, 4.69) is 11.7 Å². The number of halogens is 1. The summed E-state index contributed by atoms with van der Waals surface area (Å²) in [4.78, 5) is 5.88. The van der Waals surface area contributed by atoms with Gasteiger partial charge in [0.2, 0.25) is 0 Å². The van der Waals surface area contributed by atoms with Gasteiger partial charge < -0.3 is 14.7 Å². The van der Waals surface area contributed by atoms with Crippen molar-refractivity contribution in [2.75, 3.05) is 20.3 Å². The van der Waals surface area contributed by atoms with Crippen molar-refractivity contribution in [3.63, 3.8) is 0 Å². The summed E-state index contributed by atoms with van der Waals surface area (Å²) >= 11 is 0. The lowest BCUT2D eigenvalue weighted by Gasteiger charge is -2.36. The average Bonchev–Trinajstić information content (AvgIpc) is 2.72. The van der Waals surface area contributed by atoms with Crippen LogP contribution in [0.3, 0.4) is 0 Å². The van der Waals surface area contributed by atoms with Crippen LogP contribution in [-0.2, 0) is 4.74 Å². The number of aliphatic imine (C=N–C) groups is 1. The molecule has 5 heteroatoms. The second kappa shape index (κ2) is 5.58. The first-order chi connectivity index (χ1) is 10.1. The molecule has 0 saturated carbocycles. The SMILES string of the molecule is C=N/C=C1/c2ccc(F)cc2C([C@H]2COCC[C@@H]2O)N1C. The predicted octanol–water partition coefficient (Wildman–Crippen LogP) is 2.21. The van der Waals surface area contributed by atoms with Crippen molar-refractivity contribution >= 4 is 12.4 Å². The van der Waals surface area contributed by atoms with E-state index < -0.39 is 6.10 Å². The smallest absolute Gasteiger partial charge is 0.123 e. The molecule has 1 saturated heterocycles. The van der Waals surface area contributed by atoms with Crippen LogP contribution >= 0.6 is 0 Å². The molecule has 2 aliphatic heterocycles. The number of hydrogen-bond donors (Lipinski definition) is 1. The Morgan fingerprint density at radius 3 is 3.05 bits per heavy atom. The van der Waals surface area contributed by atoms with Crippen LogP contribution in [-0.4, -0.2) is 43.1 Å². The molecule has 21 heavy (non-hydrogen) atoms. The first-order valence-corrected chi connectivity index (χ1v) is 7.08. The van der Waals surface area contributed by atoms with Crippen LogP contribution in [0.25, 0.3) is 5.70 Å². The highest BCUT2D eigenvalue weighted by Crippen LogP contribution is 2.46. The highest BCUT2D eigenvalue weighted by atomic mass is 19.1. The molecule has 0 bridgehead atoms. The molecule has 1 unspecified atom stereocenters. The zero-order valence-corrected chi connectivity index (χ0v) is 12.0. The molecule has 1 N–H and O–H groups in total. The Morgan fingerprint density at radius 2 is 2.33 bits per heavy atom. The highest BCUT2D eigenvalue weighted by Gasteiger charge is 2.41. The summed E-state index contributed by atoms with van der Waals surface area (Å²) in [5, 5.41) is 10.3. The minimum atomic E-state index is -0.446. The minimum Gasteiger partial charge on any atom is -0.393 e. The van der Waals surface area contributed by atoms with Gasteiger partial charge in [0, 0.05) is 25.1 Å². The summed E-state index contributed by atoms with van der Waals surface area (Å²) in [7, 11) is 1.93. The van der Waals surface area contributed by atoms with Crippen LogP contribution in [0.5, 0.6) is 0 Å². The number of aliphatic hydroxyl groups excluding tert-OH is 1. The van der Waals surface area contributed by atoms with Crippen LogP contribution in [0.1, 0.15) is 23.6 Å². The predicted molar refractivity (Wildman–Crippen MR) is 79.4 cm³/mol. The molecule has 1 aromatic rings. The molecule has 0 aliphatic carbocycles. The molecule has 4 nitrogen and oxygen atoms in total. The minimum absolute atomic E-state index is 0.0833. The van der Waals surface area contributed by atoms with E-state index in [1.165, 1.54) is 6.07 Å². The Labute approximate surface area is 123 Å². The normalized spacial score (nSPS) is 30.5. The van der Waals surface area contributed by atoms with E-state index in [9.17, 15) is 9.50 Å². The summed E-state index contributed by atoms with van der Waals surface area (Å²) in [5.74, 6) is -0.355. The Bertz CT molecular complexity index is 588. The summed E-state index contributed by atoms with van der Waals surface area (Å²) in [6.45, 7) is 4.54.